The van der Waals surface area contributed by atoms with E-state index in [-0.39, 0.29) is 11.7 Å². The molecule has 2 saturated heterocycles. The molecule has 2 aliphatic heterocycles. The molecule has 0 spiro atoms. The van der Waals surface area contributed by atoms with Crippen LogP contribution in [-0.2, 0) is 9.53 Å². The summed E-state index contributed by atoms with van der Waals surface area (Å²) in [4.78, 5) is 11.4. The Morgan fingerprint density at radius 1 is 1.50 bits per heavy atom. The molecule has 0 aromatic carbocycles. The molecule has 0 bridgehead atoms. The highest BCUT2D eigenvalue weighted by molar-refractivity contribution is 8.01. The summed E-state index contributed by atoms with van der Waals surface area (Å²) in [6.45, 7) is 4.17. The Morgan fingerprint density at radius 2 is 2.25 bits per heavy atom. The van der Waals surface area contributed by atoms with Gasteiger partial charge in [-0.1, -0.05) is 0 Å². The third-order valence-electron chi connectivity index (χ3n) is 3.60. The summed E-state index contributed by atoms with van der Waals surface area (Å²) < 4.78 is 5.34. The number of rotatable bonds is 3. The Morgan fingerprint density at radius 3 is 2.69 bits per heavy atom. The molecule has 0 saturated carbocycles. The van der Waals surface area contributed by atoms with Gasteiger partial charge in [-0.25, -0.2) is 0 Å². The van der Waals surface area contributed by atoms with Gasteiger partial charge in [0.2, 0.25) is 0 Å². The highest BCUT2D eigenvalue weighted by Crippen LogP contribution is 2.45. The van der Waals surface area contributed by atoms with Crippen molar-refractivity contribution in [3.05, 3.63) is 0 Å². The van der Waals surface area contributed by atoms with E-state index in [9.17, 15) is 9.90 Å². The van der Waals surface area contributed by atoms with Crippen molar-refractivity contribution < 1.29 is 14.6 Å². The maximum absolute atomic E-state index is 11.4. The molecular weight excluding hydrogens is 224 g/mol. The third kappa shape index (κ3) is 2.38. The van der Waals surface area contributed by atoms with Crippen LogP contribution in [0.4, 0.5) is 0 Å². The average molecular weight is 244 g/mol. The van der Waals surface area contributed by atoms with Crippen molar-refractivity contribution in [3.63, 3.8) is 0 Å². The van der Waals surface area contributed by atoms with Crippen LogP contribution in [0.3, 0.4) is 0 Å². The van der Waals surface area contributed by atoms with Gasteiger partial charge in [-0.2, -0.15) is 0 Å². The lowest BCUT2D eigenvalue weighted by Crippen LogP contribution is -2.37. The van der Waals surface area contributed by atoms with Crippen LogP contribution in [0.2, 0.25) is 0 Å². The van der Waals surface area contributed by atoms with Gasteiger partial charge in [-0.15, -0.1) is 11.8 Å². The van der Waals surface area contributed by atoms with Crippen molar-refractivity contribution in [3.8, 4) is 0 Å². The van der Waals surface area contributed by atoms with Gasteiger partial charge < -0.3 is 9.84 Å². The molecule has 3 nitrogen and oxygen atoms in total. The molecule has 0 amide bonds. The van der Waals surface area contributed by atoms with E-state index in [1.54, 1.807) is 11.8 Å². The highest BCUT2D eigenvalue weighted by atomic mass is 32.2. The number of thioether (sulfide) groups is 1. The molecule has 0 aromatic rings. The predicted octanol–water partition coefficient (Wildman–Crippen LogP) is 2.68. The standard InChI is InChI=1S/C12H20O3S/c1-11(2)6-4-9(15-11)8-12(10(13)14)5-3-7-16-12/h9H,3-8H2,1-2H3,(H,13,14). The molecule has 16 heavy (non-hydrogen) atoms. The zero-order valence-electron chi connectivity index (χ0n) is 9.99. The van der Waals surface area contributed by atoms with E-state index in [1.165, 1.54) is 0 Å². The first kappa shape index (κ1) is 12.2. The van der Waals surface area contributed by atoms with Gasteiger partial charge in [0.05, 0.1) is 11.7 Å². The molecule has 0 radical (unpaired) electrons. The van der Waals surface area contributed by atoms with Crippen molar-refractivity contribution in [2.45, 2.75) is 62.4 Å². The Bertz CT molecular complexity index is 282. The molecule has 2 aliphatic rings. The number of carboxylic acid groups (broad SMARTS) is 1. The summed E-state index contributed by atoms with van der Waals surface area (Å²) in [5.74, 6) is 0.325. The summed E-state index contributed by atoms with van der Waals surface area (Å²) >= 11 is 1.61. The summed E-state index contributed by atoms with van der Waals surface area (Å²) in [6, 6.07) is 0. The molecule has 0 aliphatic carbocycles. The average Bonchev–Trinajstić information content (AvgIpc) is 2.74. The van der Waals surface area contributed by atoms with Crippen LogP contribution in [0, 0.1) is 0 Å². The monoisotopic (exact) mass is 244 g/mol. The first-order valence-corrected chi connectivity index (χ1v) is 6.97. The van der Waals surface area contributed by atoms with Gasteiger partial charge in [-0.05, 0) is 51.7 Å². The number of aliphatic carboxylic acids is 1. The molecule has 2 rings (SSSR count). The van der Waals surface area contributed by atoms with Crippen molar-refractivity contribution in [2.75, 3.05) is 5.75 Å². The largest absolute Gasteiger partial charge is 0.480 e. The lowest BCUT2D eigenvalue weighted by Gasteiger charge is -2.27. The second-order valence-corrected chi connectivity index (χ2v) is 6.97. The van der Waals surface area contributed by atoms with E-state index in [0.29, 0.717) is 6.42 Å². The summed E-state index contributed by atoms with van der Waals surface area (Å²) in [7, 11) is 0. The molecule has 1 N–H and O–H groups in total. The summed E-state index contributed by atoms with van der Waals surface area (Å²) in [5.41, 5.74) is -0.0619. The Labute approximate surface area is 101 Å². The van der Waals surface area contributed by atoms with Crippen LogP contribution >= 0.6 is 11.8 Å². The third-order valence-corrected chi connectivity index (χ3v) is 5.20. The molecular formula is C12H20O3S. The van der Waals surface area contributed by atoms with Crippen molar-refractivity contribution in [1.82, 2.24) is 0 Å². The number of hydrogen-bond acceptors (Lipinski definition) is 3. The molecule has 2 atom stereocenters. The van der Waals surface area contributed by atoms with Crippen molar-refractivity contribution in [2.24, 2.45) is 0 Å². The Balaban J connectivity index is 2.00. The number of carboxylic acids is 1. The number of carbonyl (C=O) groups is 1. The fourth-order valence-corrected chi connectivity index (χ4v) is 4.10. The summed E-state index contributed by atoms with van der Waals surface area (Å²) in [6.07, 6.45) is 4.67. The lowest BCUT2D eigenvalue weighted by atomic mass is 9.94. The minimum absolute atomic E-state index is 0.0619. The lowest BCUT2D eigenvalue weighted by molar-refractivity contribution is -0.141. The van der Waals surface area contributed by atoms with Crippen LogP contribution in [0.15, 0.2) is 0 Å². The van der Waals surface area contributed by atoms with E-state index in [2.05, 4.69) is 13.8 Å². The van der Waals surface area contributed by atoms with E-state index in [0.717, 1.165) is 31.4 Å². The van der Waals surface area contributed by atoms with Crippen LogP contribution in [-0.4, -0.2) is 33.3 Å². The van der Waals surface area contributed by atoms with E-state index < -0.39 is 10.7 Å². The SMILES string of the molecule is CC1(C)CCC(CC2(C(=O)O)CCCS2)O1. The van der Waals surface area contributed by atoms with Gasteiger partial charge in [0.25, 0.3) is 0 Å². The van der Waals surface area contributed by atoms with E-state index in [1.807, 2.05) is 0 Å². The fourth-order valence-electron chi connectivity index (χ4n) is 2.70. The van der Waals surface area contributed by atoms with Gasteiger partial charge in [0.15, 0.2) is 0 Å². The maximum atomic E-state index is 11.4. The van der Waals surface area contributed by atoms with Crippen LogP contribution in [0.5, 0.6) is 0 Å². The Hall–Kier alpha value is -0.220. The normalized spacial score (nSPS) is 37.8. The molecule has 2 heterocycles. The Kier molecular flexibility index (Phi) is 3.23. The highest BCUT2D eigenvalue weighted by Gasteiger charge is 2.46. The second kappa shape index (κ2) is 4.22. The van der Waals surface area contributed by atoms with Gasteiger partial charge in [0.1, 0.15) is 4.75 Å². The van der Waals surface area contributed by atoms with E-state index in [4.69, 9.17) is 4.74 Å². The zero-order valence-corrected chi connectivity index (χ0v) is 10.8. The minimum atomic E-state index is -0.650. The smallest absolute Gasteiger partial charge is 0.319 e. The fraction of sp³-hybridized carbons (Fsp3) is 0.917. The van der Waals surface area contributed by atoms with Crippen LogP contribution < -0.4 is 0 Å². The van der Waals surface area contributed by atoms with E-state index >= 15 is 0 Å². The first-order chi connectivity index (χ1) is 7.44. The predicted molar refractivity (Wildman–Crippen MR) is 64.9 cm³/mol. The van der Waals surface area contributed by atoms with Crippen molar-refractivity contribution >= 4 is 17.7 Å². The molecule has 0 aromatic heterocycles. The molecule has 2 unspecified atom stereocenters. The first-order valence-electron chi connectivity index (χ1n) is 5.99. The maximum Gasteiger partial charge on any atom is 0.319 e. The van der Waals surface area contributed by atoms with Crippen molar-refractivity contribution in [1.29, 1.82) is 0 Å². The van der Waals surface area contributed by atoms with Gasteiger partial charge in [-0.3, -0.25) is 4.79 Å². The number of ether oxygens (including phenoxy) is 1. The van der Waals surface area contributed by atoms with Gasteiger partial charge >= 0.3 is 5.97 Å². The zero-order chi connectivity index (χ0) is 11.8. The second-order valence-electron chi connectivity index (χ2n) is 5.49. The molecule has 2 fully saturated rings. The molecule has 4 heteroatoms. The summed E-state index contributed by atoms with van der Waals surface area (Å²) in [5, 5.41) is 9.38. The van der Waals surface area contributed by atoms with Crippen LogP contribution in [0.1, 0.15) is 46.0 Å². The van der Waals surface area contributed by atoms with Gasteiger partial charge in [0, 0.05) is 0 Å². The minimum Gasteiger partial charge on any atom is -0.480 e. The molecule has 92 valence electrons. The van der Waals surface area contributed by atoms with Crippen LogP contribution in [0.25, 0.3) is 0 Å². The topological polar surface area (TPSA) is 46.5 Å². The quantitative estimate of drug-likeness (QED) is 0.829. The number of hydrogen-bond donors (Lipinski definition) is 1.